The number of allylic oxidation sites excluding steroid dienone is 6. The average molecular weight is 1520 g/mol. The summed E-state index contributed by atoms with van der Waals surface area (Å²) >= 11 is 0. The number of nitrogens with two attached hydrogens (primary N) is 1. The number of benzene rings is 2. The average Bonchev–Trinajstić information content (AvgIpc) is 1.58. The van der Waals surface area contributed by atoms with Crippen LogP contribution in [-0.2, 0) is 78.4 Å². The molecule has 2 aromatic carbocycles. The number of fused-ring (bicyclic) bond motifs is 3. The minimum Gasteiger partial charge on any atom is -0.397 e. The van der Waals surface area contributed by atoms with Crippen LogP contribution in [-0.4, -0.2) is 159 Å². The third kappa shape index (κ3) is 19.5. The van der Waals surface area contributed by atoms with Crippen molar-refractivity contribution in [1.29, 1.82) is 0 Å². The van der Waals surface area contributed by atoms with E-state index >= 15 is 0 Å². The predicted octanol–water partition coefficient (Wildman–Crippen LogP) is 8.46. The smallest absolute Gasteiger partial charge is 0.397 e. The number of anilines is 2. The summed E-state index contributed by atoms with van der Waals surface area (Å²) in [4.78, 5) is 127. The SMILES string of the molecule is CCCCN1C(=CC=CC=CC2=[N+](CCC)c3cccc(C(=O)NCCCC(=O)N4CCC(OP(=O)(O)OP(=O)(O)OP(=O)(O)OP(=O)(O)OP(=O)(O)OP(=O)(O)OC[C@H]5O[C@@H](n6cnc7c(N)ccnc76)CC5O)CC4)c3C2(C)C)C(C)(C)c2c(C(=O)NCC)cc(C(=O)NCC)cc21. The number of nitrogen functional groups attached to an aromatic ring is 1. The summed E-state index contributed by atoms with van der Waals surface area (Å²) in [7, 11) is -37.4. The van der Waals surface area contributed by atoms with Crippen molar-refractivity contribution in [1.82, 2.24) is 35.4 Å². The quantitative estimate of drug-likeness (QED) is 0.00921. The van der Waals surface area contributed by atoms with Gasteiger partial charge in [0.25, 0.3) is 17.7 Å². The van der Waals surface area contributed by atoms with Crippen molar-refractivity contribution in [3.05, 3.63) is 113 Å². The molecule has 4 aliphatic heterocycles. The molecule has 550 valence electrons. The van der Waals surface area contributed by atoms with Gasteiger partial charge < -0.3 is 70.7 Å². The molecule has 6 heterocycles. The molecule has 0 radical (unpaired) electrons. The number of aliphatic hydroxyl groups is 1. The molecule has 41 heteroatoms. The van der Waals surface area contributed by atoms with Crippen LogP contribution in [0.2, 0.25) is 0 Å². The molecule has 9 atom stereocenters. The number of hydrogen-bond acceptors (Lipinski definition) is 23. The Balaban J connectivity index is 0.788. The van der Waals surface area contributed by atoms with E-state index in [0.29, 0.717) is 48.4 Å². The van der Waals surface area contributed by atoms with Crippen molar-refractivity contribution in [3.63, 3.8) is 0 Å². The fraction of sp³-hybridized carbons (Fsp3) is 0.508. The normalized spacial score (nSPS) is 22.4. The molecular formula is C59H85N10O25P6+. The van der Waals surface area contributed by atoms with Gasteiger partial charge in [-0.1, -0.05) is 58.4 Å². The van der Waals surface area contributed by atoms with Crippen molar-refractivity contribution >= 4 is 105 Å². The van der Waals surface area contributed by atoms with Gasteiger partial charge in [0, 0.05) is 110 Å². The maximum atomic E-state index is 14.0. The number of unbranched alkanes of at least 4 members (excludes halogenated alkanes) is 1. The minimum atomic E-state index is -6.55. The molecule has 35 nitrogen and oxygen atoms in total. The van der Waals surface area contributed by atoms with Crippen LogP contribution >= 0.6 is 46.9 Å². The maximum absolute atomic E-state index is 14.0. The number of amides is 4. The molecule has 8 rings (SSSR count). The number of phosphoric ester groups is 2. The summed E-state index contributed by atoms with van der Waals surface area (Å²) in [6.07, 6.45) is 9.97. The van der Waals surface area contributed by atoms with E-state index in [4.69, 9.17) is 15.0 Å². The number of phosphoric acid groups is 6. The number of ether oxygens (including phenoxy) is 1. The van der Waals surface area contributed by atoms with Gasteiger partial charge in [0.1, 0.15) is 24.4 Å². The molecule has 12 N–H and O–H groups in total. The molecule has 0 bridgehead atoms. The highest BCUT2D eigenvalue weighted by atomic mass is 31.3. The van der Waals surface area contributed by atoms with Crippen molar-refractivity contribution < 1.29 is 121 Å². The lowest BCUT2D eigenvalue weighted by molar-refractivity contribution is -0.437. The van der Waals surface area contributed by atoms with Gasteiger partial charge in [-0.25, -0.2) is 37.4 Å². The van der Waals surface area contributed by atoms with E-state index < -0.39 is 88.9 Å². The van der Waals surface area contributed by atoms with Gasteiger partial charge >= 0.3 is 46.9 Å². The Morgan fingerprint density at radius 2 is 1.35 bits per heavy atom. The topological polar surface area (TPSA) is 488 Å². The van der Waals surface area contributed by atoms with Gasteiger partial charge in [0.2, 0.25) is 11.6 Å². The standard InChI is InChI=1S/C59H84N10O25P6/c1-9-13-30-68-44-34-38(55(72)61-11-3)33-41(57(74)62-12-4)52(44)59(7,8)48(68)22-16-14-15-21-47-58(5,6)51-40(19-17-20-43(51)67(47)29-10-2)56(73)64-27-18-23-49(71)66-31-25-39(26-32-66)89-96(77,78)91-98(81,82)93-100(85,86)94-99(83,84)92-97(79,80)90-95(75,76)87-36-46-45(70)35-50(88-46)69-37-65-53-42(60)24-28-63-54(53)69/h14-17,19-22,24,28,33-34,37,39,45-46,50,70H,9-13,18,23,25-27,29-32,35-36H2,1-8H3,(H10-,60,61,62,63,64,72,73,74,75,76,77,78,79,80,81,82,83,84,85,86)/p+1/t45?,46-,50-/m1/s1. The highest BCUT2D eigenvalue weighted by molar-refractivity contribution is 7.72. The summed E-state index contributed by atoms with van der Waals surface area (Å²) in [5, 5.41) is 19.3. The number of likely N-dealkylation sites (tertiary alicyclic amines) is 1. The Morgan fingerprint density at radius 1 is 0.730 bits per heavy atom. The number of nitrogens with one attached hydrogen (secondary N) is 3. The van der Waals surface area contributed by atoms with Crippen molar-refractivity contribution in [2.75, 3.05) is 63.1 Å². The van der Waals surface area contributed by atoms with Crippen LogP contribution in [0.1, 0.15) is 155 Å². The third-order valence-corrected chi connectivity index (χ3v) is 25.9. The van der Waals surface area contributed by atoms with E-state index in [9.17, 15) is 81.0 Å². The zero-order valence-corrected chi connectivity index (χ0v) is 61.4. The number of piperidine rings is 1. The molecule has 4 amide bonds. The Kier molecular flexibility index (Phi) is 26.0. The van der Waals surface area contributed by atoms with Gasteiger partial charge in [0.15, 0.2) is 11.4 Å². The number of nitrogens with zero attached hydrogens (tertiary/aromatic N) is 6. The molecule has 0 saturated carbocycles. The fourth-order valence-corrected chi connectivity index (χ4v) is 20.3. The number of hydrogen-bond donors (Lipinski definition) is 11. The summed E-state index contributed by atoms with van der Waals surface area (Å²) in [5.41, 5.74) is 12.1. The zero-order valence-electron chi connectivity index (χ0n) is 56.1. The second kappa shape index (κ2) is 32.5. The van der Waals surface area contributed by atoms with Gasteiger partial charge in [-0.05, 0) is 83.7 Å². The number of aliphatic hydroxyl groups excluding tert-OH is 1. The van der Waals surface area contributed by atoms with E-state index in [1.807, 2.05) is 56.4 Å². The second-order valence-corrected chi connectivity index (χ2v) is 34.0. The molecule has 4 aromatic rings. The molecule has 2 fully saturated rings. The molecule has 100 heavy (non-hydrogen) atoms. The number of carbonyl (C=O) groups excluding carboxylic acids is 4. The second-order valence-electron chi connectivity index (χ2n) is 24.6. The molecule has 0 spiro atoms. The highest BCUT2D eigenvalue weighted by Crippen LogP contribution is 2.75. The van der Waals surface area contributed by atoms with E-state index in [-0.39, 0.29) is 86.7 Å². The zero-order chi connectivity index (χ0) is 73.6. The molecule has 4 aliphatic rings. The van der Waals surface area contributed by atoms with Crippen LogP contribution < -0.4 is 26.6 Å². The fourth-order valence-electron chi connectivity index (χ4n) is 12.3. The number of imidazole rings is 1. The Hall–Kier alpha value is -5.79. The Morgan fingerprint density at radius 3 is 1.98 bits per heavy atom. The largest absolute Gasteiger partial charge is 0.490 e. The maximum Gasteiger partial charge on any atom is 0.490 e. The van der Waals surface area contributed by atoms with Crippen LogP contribution in [0, 0.1) is 0 Å². The van der Waals surface area contributed by atoms with Crippen LogP contribution in [0.15, 0.2) is 85.0 Å². The van der Waals surface area contributed by atoms with Crippen LogP contribution in [0.5, 0.6) is 0 Å². The van der Waals surface area contributed by atoms with Crippen molar-refractivity contribution in [2.24, 2.45) is 0 Å². The summed E-state index contributed by atoms with van der Waals surface area (Å²) in [6, 6.07) is 10.6. The first-order chi connectivity index (χ1) is 46.8. The van der Waals surface area contributed by atoms with Crippen LogP contribution in [0.3, 0.4) is 0 Å². The lowest BCUT2D eigenvalue weighted by Gasteiger charge is -2.32. The van der Waals surface area contributed by atoms with Gasteiger partial charge in [0.05, 0.1) is 47.4 Å². The third-order valence-electron chi connectivity index (χ3n) is 16.6. The summed E-state index contributed by atoms with van der Waals surface area (Å²) in [6.45, 7) is 17.3. The lowest BCUT2D eigenvalue weighted by atomic mass is 9.78. The van der Waals surface area contributed by atoms with E-state index in [0.717, 1.165) is 53.2 Å². The first-order valence-corrected chi connectivity index (χ1v) is 41.0. The van der Waals surface area contributed by atoms with Gasteiger partial charge in [-0.15, -0.1) is 0 Å². The minimum absolute atomic E-state index is 0.0232. The Labute approximate surface area is 576 Å². The van der Waals surface area contributed by atoms with E-state index in [2.05, 4.69) is 109 Å². The Bertz CT molecular complexity index is 4190. The van der Waals surface area contributed by atoms with Crippen LogP contribution in [0.4, 0.5) is 17.1 Å². The highest BCUT2D eigenvalue weighted by Gasteiger charge is 2.52. The van der Waals surface area contributed by atoms with Crippen LogP contribution in [0.25, 0.3) is 11.2 Å². The number of carbonyl (C=O) groups is 4. The molecule has 7 unspecified atom stereocenters. The lowest BCUT2D eigenvalue weighted by Crippen LogP contribution is -2.40. The van der Waals surface area contributed by atoms with E-state index in [1.54, 1.807) is 12.1 Å². The van der Waals surface area contributed by atoms with E-state index in [1.165, 1.54) is 28.1 Å². The predicted molar refractivity (Wildman–Crippen MR) is 363 cm³/mol. The molecule has 2 saturated heterocycles. The monoisotopic (exact) mass is 1520 g/mol. The summed E-state index contributed by atoms with van der Waals surface area (Å²) < 4.78 is 114. The van der Waals surface area contributed by atoms with Gasteiger partial charge in [-0.2, -0.15) is 26.1 Å². The van der Waals surface area contributed by atoms with Crippen molar-refractivity contribution in [3.8, 4) is 0 Å². The number of pyridine rings is 1. The van der Waals surface area contributed by atoms with Crippen molar-refractivity contribution in [2.45, 2.75) is 142 Å². The summed E-state index contributed by atoms with van der Waals surface area (Å²) in [5.74, 6) is -1.21. The number of aromatic nitrogens is 3. The number of rotatable bonds is 33. The molecule has 2 aromatic heterocycles. The first-order valence-electron chi connectivity index (χ1n) is 32.0. The first kappa shape index (κ1) is 79.9. The molecular weight excluding hydrogens is 1430 g/mol. The molecule has 0 aliphatic carbocycles. The van der Waals surface area contributed by atoms with Gasteiger partial charge in [-0.3, -0.25) is 32.8 Å².